The second kappa shape index (κ2) is 5.25. The number of hydrogen-bond donors (Lipinski definition) is 1. The summed E-state index contributed by atoms with van der Waals surface area (Å²) in [6.45, 7) is 0. The smallest absolute Gasteiger partial charge is 0.254 e. The van der Waals surface area contributed by atoms with Gasteiger partial charge in [-0.1, -0.05) is 12.8 Å². The summed E-state index contributed by atoms with van der Waals surface area (Å²) < 4.78 is 0. The van der Waals surface area contributed by atoms with Crippen molar-refractivity contribution < 1.29 is 4.79 Å². The molecule has 1 aliphatic rings. The molecule has 2 unspecified atom stereocenters. The molecule has 1 amide bonds. The quantitative estimate of drug-likeness (QED) is 0.800. The van der Waals surface area contributed by atoms with Crippen LogP contribution in [0.15, 0.2) is 18.7 Å². The summed E-state index contributed by atoms with van der Waals surface area (Å²) in [4.78, 5) is 19.4. The van der Waals surface area contributed by atoms with Crippen molar-refractivity contribution in [2.45, 2.75) is 37.1 Å². The summed E-state index contributed by atoms with van der Waals surface area (Å²) in [5, 5.41) is 2.98. The number of carbonyl (C=O) groups excluding carboxylic acids is 1. The maximum atomic E-state index is 11.8. The van der Waals surface area contributed by atoms with E-state index in [1.165, 1.54) is 18.7 Å². The highest BCUT2D eigenvalue weighted by Gasteiger charge is 2.24. The molecule has 5 heteroatoms. The Kier molecular flexibility index (Phi) is 3.72. The van der Waals surface area contributed by atoms with Gasteiger partial charge in [0.15, 0.2) is 0 Å². The second-order valence-corrected chi connectivity index (χ2v) is 4.57. The van der Waals surface area contributed by atoms with Crippen LogP contribution < -0.4 is 5.32 Å². The summed E-state index contributed by atoms with van der Waals surface area (Å²) in [5.41, 5.74) is 0.483. The Morgan fingerprint density at radius 3 is 2.69 bits per heavy atom. The molecule has 16 heavy (non-hydrogen) atoms. The zero-order chi connectivity index (χ0) is 11.4. The Morgan fingerprint density at radius 2 is 2.00 bits per heavy atom. The number of rotatable bonds is 2. The summed E-state index contributed by atoms with van der Waals surface area (Å²) in [6.07, 6.45) is 8.62. The predicted octanol–water partition coefficient (Wildman–Crippen LogP) is 1.76. The zero-order valence-corrected chi connectivity index (χ0v) is 9.65. The lowest BCUT2D eigenvalue weighted by atomic mass is 9.95. The van der Waals surface area contributed by atoms with E-state index in [9.17, 15) is 4.79 Å². The lowest BCUT2D eigenvalue weighted by Gasteiger charge is -2.27. The highest BCUT2D eigenvalue weighted by atomic mass is 35.5. The van der Waals surface area contributed by atoms with Gasteiger partial charge in [0, 0.05) is 18.4 Å². The van der Waals surface area contributed by atoms with Crippen molar-refractivity contribution in [3.63, 3.8) is 0 Å². The van der Waals surface area contributed by atoms with Gasteiger partial charge in [-0.05, 0) is 12.8 Å². The normalized spacial score (nSPS) is 25.1. The molecule has 2 atom stereocenters. The molecule has 4 nitrogen and oxygen atoms in total. The number of alkyl halides is 1. The number of carbonyl (C=O) groups is 1. The molecule has 0 saturated heterocycles. The van der Waals surface area contributed by atoms with Gasteiger partial charge in [0.1, 0.15) is 6.33 Å². The molecule has 1 heterocycles. The third-order valence-electron chi connectivity index (χ3n) is 2.82. The topological polar surface area (TPSA) is 54.9 Å². The van der Waals surface area contributed by atoms with Gasteiger partial charge in [-0.3, -0.25) is 4.79 Å². The maximum Gasteiger partial charge on any atom is 0.254 e. The molecule has 1 aromatic heterocycles. The first-order valence-corrected chi connectivity index (χ1v) is 5.91. The first-order valence-electron chi connectivity index (χ1n) is 5.47. The Hall–Kier alpha value is -1.16. The molecule has 86 valence electrons. The van der Waals surface area contributed by atoms with Crippen LogP contribution in [-0.4, -0.2) is 27.3 Å². The van der Waals surface area contributed by atoms with E-state index in [1.54, 1.807) is 0 Å². The van der Waals surface area contributed by atoms with E-state index in [0.717, 1.165) is 25.7 Å². The van der Waals surface area contributed by atoms with Crippen LogP contribution in [0, 0.1) is 0 Å². The van der Waals surface area contributed by atoms with Gasteiger partial charge in [0.25, 0.3) is 5.91 Å². The lowest BCUT2D eigenvalue weighted by molar-refractivity contribution is 0.0928. The molecule has 0 bridgehead atoms. The van der Waals surface area contributed by atoms with Crippen LogP contribution in [0.3, 0.4) is 0 Å². The number of halogens is 1. The number of nitrogens with one attached hydrogen (secondary N) is 1. The average Bonchev–Trinajstić information content (AvgIpc) is 2.33. The van der Waals surface area contributed by atoms with Crippen molar-refractivity contribution in [1.29, 1.82) is 0 Å². The fourth-order valence-corrected chi connectivity index (χ4v) is 2.26. The van der Waals surface area contributed by atoms with Crippen molar-refractivity contribution in [2.75, 3.05) is 0 Å². The van der Waals surface area contributed by atoms with Crippen molar-refractivity contribution in [3.8, 4) is 0 Å². The Bertz CT molecular complexity index is 358. The molecule has 1 fully saturated rings. The fraction of sp³-hybridized carbons (Fsp3) is 0.545. The number of hydrogen-bond acceptors (Lipinski definition) is 3. The van der Waals surface area contributed by atoms with Gasteiger partial charge < -0.3 is 5.32 Å². The predicted molar refractivity (Wildman–Crippen MR) is 61.4 cm³/mol. The van der Waals surface area contributed by atoms with E-state index < -0.39 is 0 Å². The van der Waals surface area contributed by atoms with Gasteiger partial charge in [0.05, 0.1) is 10.9 Å². The maximum absolute atomic E-state index is 11.8. The van der Waals surface area contributed by atoms with E-state index in [-0.39, 0.29) is 17.3 Å². The molecular weight excluding hydrogens is 226 g/mol. The van der Waals surface area contributed by atoms with E-state index in [0.29, 0.717) is 5.56 Å². The Morgan fingerprint density at radius 1 is 1.31 bits per heavy atom. The summed E-state index contributed by atoms with van der Waals surface area (Å²) in [6, 6.07) is 0.0723. The zero-order valence-electron chi connectivity index (χ0n) is 8.90. The molecule has 0 aromatic carbocycles. The van der Waals surface area contributed by atoms with Crippen molar-refractivity contribution in [1.82, 2.24) is 15.3 Å². The Balaban J connectivity index is 1.96. The third-order valence-corrected chi connectivity index (χ3v) is 3.34. The van der Waals surface area contributed by atoms with Crippen LogP contribution in [0.2, 0.25) is 0 Å². The first kappa shape index (κ1) is 11.3. The molecule has 0 radical (unpaired) electrons. The molecule has 0 aliphatic heterocycles. The molecule has 0 spiro atoms. The minimum atomic E-state index is -0.141. The third kappa shape index (κ3) is 2.70. The van der Waals surface area contributed by atoms with Gasteiger partial charge in [-0.25, -0.2) is 9.97 Å². The minimum Gasteiger partial charge on any atom is -0.348 e. The summed E-state index contributed by atoms with van der Waals surface area (Å²) in [7, 11) is 0. The van der Waals surface area contributed by atoms with E-state index in [2.05, 4.69) is 15.3 Å². The van der Waals surface area contributed by atoms with Crippen LogP contribution in [0.1, 0.15) is 36.0 Å². The summed E-state index contributed by atoms with van der Waals surface area (Å²) in [5.74, 6) is -0.141. The molecule has 1 aromatic rings. The number of aromatic nitrogens is 2. The van der Waals surface area contributed by atoms with Crippen LogP contribution in [0.25, 0.3) is 0 Å². The van der Waals surface area contributed by atoms with Crippen molar-refractivity contribution >= 4 is 17.5 Å². The first-order chi connectivity index (χ1) is 7.77. The van der Waals surface area contributed by atoms with Crippen LogP contribution in [0.5, 0.6) is 0 Å². The highest BCUT2D eigenvalue weighted by molar-refractivity contribution is 6.21. The number of nitrogens with zero attached hydrogens (tertiary/aromatic N) is 2. The standard InChI is InChI=1S/C11H14ClN3O/c12-9-3-1-2-4-10(9)15-11(16)8-5-13-7-14-6-8/h5-7,9-10H,1-4H2,(H,15,16). The van der Waals surface area contributed by atoms with Crippen LogP contribution >= 0.6 is 11.6 Å². The Labute approximate surface area is 99.4 Å². The van der Waals surface area contributed by atoms with Crippen molar-refractivity contribution in [2.24, 2.45) is 0 Å². The van der Waals surface area contributed by atoms with Crippen LogP contribution in [0.4, 0.5) is 0 Å². The van der Waals surface area contributed by atoms with Gasteiger partial charge >= 0.3 is 0 Å². The van der Waals surface area contributed by atoms with Crippen LogP contribution in [-0.2, 0) is 0 Å². The van der Waals surface area contributed by atoms with E-state index in [1.807, 2.05) is 0 Å². The van der Waals surface area contributed by atoms with Gasteiger partial charge in [0.2, 0.25) is 0 Å². The lowest BCUT2D eigenvalue weighted by Crippen LogP contribution is -2.42. The van der Waals surface area contributed by atoms with E-state index >= 15 is 0 Å². The average molecular weight is 240 g/mol. The molecule has 2 rings (SSSR count). The molecule has 1 saturated carbocycles. The number of amides is 1. The monoisotopic (exact) mass is 239 g/mol. The van der Waals surface area contributed by atoms with Crippen molar-refractivity contribution in [3.05, 3.63) is 24.3 Å². The molecular formula is C11H14ClN3O. The second-order valence-electron chi connectivity index (χ2n) is 4.01. The fourth-order valence-electron chi connectivity index (χ4n) is 1.92. The van der Waals surface area contributed by atoms with Gasteiger partial charge in [-0.2, -0.15) is 0 Å². The highest BCUT2D eigenvalue weighted by Crippen LogP contribution is 2.23. The SMILES string of the molecule is O=C(NC1CCCCC1Cl)c1cncnc1. The summed E-state index contributed by atoms with van der Waals surface area (Å²) >= 11 is 6.17. The van der Waals surface area contributed by atoms with Gasteiger partial charge in [-0.15, -0.1) is 11.6 Å². The molecule has 1 aliphatic carbocycles. The van der Waals surface area contributed by atoms with E-state index in [4.69, 9.17) is 11.6 Å². The molecule has 1 N–H and O–H groups in total. The minimum absolute atomic E-state index is 0.0438. The largest absolute Gasteiger partial charge is 0.348 e.